The van der Waals surface area contributed by atoms with Crippen molar-refractivity contribution in [3.63, 3.8) is 0 Å². The van der Waals surface area contributed by atoms with Crippen molar-refractivity contribution in [1.29, 1.82) is 0 Å². The van der Waals surface area contributed by atoms with E-state index in [2.05, 4.69) is 20.3 Å². The number of anilines is 1. The van der Waals surface area contributed by atoms with Gasteiger partial charge in [-0.15, -0.1) is 0 Å². The summed E-state index contributed by atoms with van der Waals surface area (Å²) in [5, 5.41) is 6.44. The maximum atomic E-state index is 12.7. The minimum atomic E-state index is -4.50. The number of rotatable bonds is 5. The van der Waals surface area contributed by atoms with E-state index in [4.69, 9.17) is 0 Å². The molecule has 1 N–H and O–H groups in total. The standard InChI is InChI=1S/C22H22F3N5O/c23-22(24,25)19-10-14-30(28-19)18-8-6-16(7-9-18)21(31)27-15-17-5-4-11-26-20(17)29-12-2-1-3-13-29/h4-11,14H,1-3,12-13,15H2,(H,27,31). The van der Waals surface area contributed by atoms with Gasteiger partial charge in [-0.1, -0.05) is 6.07 Å². The SMILES string of the molecule is O=C(NCc1cccnc1N1CCCCC1)c1ccc(-n2ccc(C(F)(F)F)n2)cc1. The molecule has 1 aromatic carbocycles. The second kappa shape index (κ2) is 8.79. The first-order valence-corrected chi connectivity index (χ1v) is 10.1. The molecular formula is C22H22F3N5O. The Labute approximate surface area is 177 Å². The lowest BCUT2D eigenvalue weighted by Crippen LogP contribution is -2.32. The van der Waals surface area contributed by atoms with Crippen molar-refractivity contribution in [2.45, 2.75) is 32.0 Å². The third-order valence-corrected chi connectivity index (χ3v) is 5.24. The number of alkyl halides is 3. The largest absolute Gasteiger partial charge is 0.435 e. The molecule has 0 aliphatic carbocycles. The number of carbonyl (C=O) groups is 1. The minimum absolute atomic E-state index is 0.267. The molecule has 162 valence electrons. The van der Waals surface area contributed by atoms with E-state index in [9.17, 15) is 18.0 Å². The Balaban J connectivity index is 1.41. The molecule has 3 aromatic rings. The molecule has 1 fully saturated rings. The molecule has 31 heavy (non-hydrogen) atoms. The molecular weight excluding hydrogens is 407 g/mol. The van der Waals surface area contributed by atoms with Gasteiger partial charge < -0.3 is 10.2 Å². The van der Waals surface area contributed by atoms with E-state index < -0.39 is 11.9 Å². The van der Waals surface area contributed by atoms with Crippen LogP contribution in [0.4, 0.5) is 19.0 Å². The molecule has 2 aromatic heterocycles. The fourth-order valence-corrected chi connectivity index (χ4v) is 3.62. The number of hydrogen-bond donors (Lipinski definition) is 1. The summed E-state index contributed by atoms with van der Waals surface area (Å²) in [6.07, 6.45) is 1.99. The third-order valence-electron chi connectivity index (χ3n) is 5.24. The Morgan fingerprint density at radius 2 is 1.77 bits per heavy atom. The average molecular weight is 429 g/mol. The first kappa shape index (κ1) is 20.9. The van der Waals surface area contributed by atoms with Gasteiger partial charge in [0.25, 0.3) is 5.91 Å². The molecule has 0 saturated carbocycles. The summed E-state index contributed by atoms with van der Waals surface area (Å²) in [5.74, 6) is 0.633. The van der Waals surface area contributed by atoms with Gasteiger partial charge in [-0.25, -0.2) is 9.67 Å². The van der Waals surface area contributed by atoms with Gasteiger partial charge >= 0.3 is 6.18 Å². The van der Waals surface area contributed by atoms with E-state index in [0.717, 1.165) is 48.1 Å². The van der Waals surface area contributed by atoms with Gasteiger partial charge in [0.05, 0.1) is 5.69 Å². The molecule has 1 saturated heterocycles. The Morgan fingerprint density at radius 3 is 2.45 bits per heavy atom. The number of carbonyl (C=O) groups excluding carboxylic acids is 1. The minimum Gasteiger partial charge on any atom is -0.356 e. The molecule has 1 amide bonds. The van der Waals surface area contributed by atoms with Crippen molar-refractivity contribution < 1.29 is 18.0 Å². The Morgan fingerprint density at radius 1 is 1.03 bits per heavy atom. The highest BCUT2D eigenvalue weighted by molar-refractivity contribution is 5.94. The quantitative estimate of drug-likeness (QED) is 0.660. The molecule has 9 heteroatoms. The summed E-state index contributed by atoms with van der Waals surface area (Å²) in [6, 6.07) is 11.0. The van der Waals surface area contributed by atoms with Crippen LogP contribution in [0.25, 0.3) is 5.69 Å². The zero-order valence-electron chi connectivity index (χ0n) is 16.8. The average Bonchev–Trinajstić information content (AvgIpc) is 3.29. The van der Waals surface area contributed by atoms with Crippen molar-refractivity contribution in [1.82, 2.24) is 20.1 Å². The summed E-state index contributed by atoms with van der Waals surface area (Å²) in [6.45, 7) is 2.26. The van der Waals surface area contributed by atoms with Crippen molar-refractivity contribution in [3.8, 4) is 5.69 Å². The van der Waals surface area contributed by atoms with E-state index in [1.165, 1.54) is 12.6 Å². The number of aromatic nitrogens is 3. The highest BCUT2D eigenvalue weighted by Crippen LogP contribution is 2.28. The molecule has 0 spiro atoms. The van der Waals surface area contributed by atoms with Gasteiger partial charge in [0.15, 0.2) is 5.69 Å². The molecule has 0 unspecified atom stereocenters. The molecule has 0 atom stereocenters. The van der Waals surface area contributed by atoms with Crippen LogP contribution in [-0.2, 0) is 12.7 Å². The topological polar surface area (TPSA) is 63.1 Å². The van der Waals surface area contributed by atoms with Crippen LogP contribution in [0.2, 0.25) is 0 Å². The lowest BCUT2D eigenvalue weighted by atomic mass is 10.1. The van der Waals surface area contributed by atoms with Crippen molar-refractivity contribution in [2.75, 3.05) is 18.0 Å². The van der Waals surface area contributed by atoms with Crippen molar-refractivity contribution in [3.05, 3.63) is 71.7 Å². The van der Waals surface area contributed by atoms with Crippen LogP contribution in [0.15, 0.2) is 54.9 Å². The molecule has 0 radical (unpaired) electrons. The summed E-state index contributed by atoms with van der Waals surface area (Å²) in [5.41, 5.74) is 0.836. The van der Waals surface area contributed by atoms with Crippen molar-refractivity contribution >= 4 is 11.7 Å². The molecule has 4 rings (SSSR count). The smallest absolute Gasteiger partial charge is 0.356 e. The summed E-state index contributed by atoms with van der Waals surface area (Å²) in [4.78, 5) is 19.3. The summed E-state index contributed by atoms with van der Waals surface area (Å²) in [7, 11) is 0. The second-order valence-corrected chi connectivity index (χ2v) is 7.41. The van der Waals surface area contributed by atoms with E-state index in [1.54, 1.807) is 30.5 Å². The number of nitrogens with one attached hydrogen (secondary N) is 1. The fourth-order valence-electron chi connectivity index (χ4n) is 3.62. The maximum absolute atomic E-state index is 12.7. The summed E-state index contributed by atoms with van der Waals surface area (Å²) < 4.78 is 39.3. The molecule has 6 nitrogen and oxygen atoms in total. The number of pyridine rings is 1. The van der Waals surface area contributed by atoms with E-state index in [0.29, 0.717) is 17.8 Å². The Kier molecular flexibility index (Phi) is 5.92. The van der Waals surface area contributed by atoms with E-state index >= 15 is 0 Å². The molecule has 3 heterocycles. The number of nitrogens with zero attached hydrogens (tertiary/aromatic N) is 4. The number of amides is 1. The molecule has 1 aliphatic rings. The molecule has 1 aliphatic heterocycles. The maximum Gasteiger partial charge on any atom is 0.435 e. The fraction of sp³-hybridized carbons (Fsp3) is 0.318. The summed E-state index contributed by atoms with van der Waals surface area (Å²) >= 11 is 0. The molecule has 0 bridgehead atoms. The second-order valence-electron chi connectivity index (χ2n) is 7.41. The van der Waals surface area contributed by atoms with Gasteiger partial charge in [0.2, 0.25) is 0 Å². The predicted octanol–water partition coefficient (Wildman–Crippen LogP) is 4.21. The highest BCUT2D eigenvalue weighted by Gasteiger charge is 2.33. The van der Waals surface area contributed by atoms with Crippen LogP contribution < -0.4 is 10.2 Å². The number of hydrogen-bond acceptors (Lipinski definition) is 4. The van der Waals surface area contributed by atoms with Gasteiger partial charge in [-0.3, -0.25) is 4.79 Å². The zero-order valence-corrected chi connectivity index (χ0v) is 16.8. The van der Waals surface area contributed by atoms with Crippen LogP contribution in [0, 0.1) is 0 Å². The lowest BCUT2D eigenvalue weighted by molar-refractivity contribution is -0.141. The van der Waals surface area contributed by atoms with Crippen LogP contribution >= 0.6 is 0 Å². The first-order valence-electron chi connectivity index (χ1n) is 10.1. The Bertz CT molecular complexity index is 1040. The number of halogens is 3. The van der Waals surface area contributed by atoms with E-state index in [1.807, 2.05) is 12.1 Å². The van der Waals surface area contributed by atoms with Crippen molar-refractivity contribution in [2.24, 2.45) is 0 Å². The van der Waals surface area contributed by atoms with Crippen LogP contribution in [-0.4, -0.2) is 33.8 Å². The van der Waals surface area contributed by atoms with Crippen LogP contribution in [0.3, 0.4) is 0 Å². The number of benzene rings is 1. The van der Waals surface area contributed by atoms with Gasteiger partial charge in [0.1, 0.15) is 5.82 Å². The van der Waals surface area contributed by atoms with Gasteiger partial charge in [-0.2, -0.15) is 18.3 Å². The van der Waals surface area contributed by atoms with E-state index in [-0.39, 0.29) is 5.91 Å². The van der Waals surface area contributed by atoms with Gasteiger partial charge in [-0.05, 0) is 55.7 Å². The Hall–Kier alpha value is -3.36. The normalized spacial score (nSPS) is 14.5. The highest BCUT2D eigenvalue weighted by atomic mass is 19.4. The number of piperidine rings is 1. The predicted molar refractivity (Wildman–Crippen MR) is 110 cm³/mol. The third kappa shape index (κ3) is 4.87. The van der Waals surface area contributed by atoms with Gasteiger partial charge in [0, 0.05) is 43.2 Å². The zero-order chi connectivity index (χ0) is 21.8. The lowest BCUT2D eigenvalue weighted by Gasteiger charge is -2.29. The van der Waals surface area contributed by atoms with Crippen LogP contribution in [0.1, 0.15) is 40.9 Å². The van der Waals surface area contributed by atoms with Crippen LogP contribution in [0.5, 0.6) is 0 Å². The monoisotopic (exact) mass is 429 g/mol. The first-order chi connectivity index (χ1) is 14.9.